The predicted octanol–water partition coefficient (Wildman–Crippen LogP) is 2.86. The van der Waals surface area contributed by atoms with Crippen LogP contribution < -0.4 is 5.32 Å². The molecule has 0 radical (unpaired) electrons. The normalized spacial score (nSPS) is 12.2. The van der Waals surface area contributed by atoms with Crippen molar-refractivity contribution in [2.75, 3.05) is 20.6 Å². The van der Waals surface area contributed by atoms with Crippen molar-refractivity contribution in [3.8, 4) is 0 Å². The molecule has 1 amide bonds. The maximum Gasteiger partial charge on any atom is 0.251 e. The van der Waals surface area contributed by atoms with Gasteiger partial charge in [-0.3, -0.25) is 4.79 Å². The van der Waals surface area contributed by atoms with Gasteiger partial charge in [0.2, 0.25) is 0 Å². The van der Waals surface area contributed by atoms with E-state index in [1.54, 1.807) is 18.2 Å². The zero-order chi connectivity index (χ0) is 15.2. The number of carbonyl (C=O) groups is 1. The van der Waals surface area contributed by atoms with E-state index in [1.165, 1.54) is 12.1 Å². The first-order chi connectivity index (χ1) is 10.1. The minimum atomic E-state index is -0.270. The number of hydrogen-bond acceptors (Lipinski definition) is 2. The van der Waals surface area contributed by atoms with Crippen molar-refractivity contribution in [1.29, 1.82) is 0 Å². The fraction of sp³-hybridized carbons (Fsp3) is 0.235. The Hall–Kier alpha value is -2.20. The van der Waals surface area contributed by atoms with Gasteiger partial charge >= 0.3 is 0 Å². The van der Waals surface area contributed by atoms with Gasteiger partial charge in [-0.1, -0.05) is 30.3 Å². The molecule has 2 rings (SSSR count). The third-order valence-corrected chi connectivity index (χ3v) is 3.35. The average Bonchev–Trinajstić information content (AvgIpc) is 2.48. The van der Waals surface area contributed by atoms with Gasteiger partial charge in [-0.25, -0.2) is 4.39 Å². The topological polar surface area (TPSA) is 32.3 Å². The highest BCUT2D eigenvalue weighted by Gasteiger charge is 2.16. The van der Waals surface area contributed by atoms with Gasteiger partial charge in [0.15, 0.2) is 0 Å². The molecule has 3 nitrogen and oxygen atoms in total. The lowest BCUT2D eigenvalue weighted by Gasteiger charge is -2.25. The molecular weight excluding hydrogens is 267 g/mol. The van der Waals surface area contributed by atoms with Crippen LogP contribution in [0.3, 0.4) is 0 Å². The molecule has 0 aliphatic heterocycles. The quantitative estimate of drug-likeness (QED) is 0.916. The summed E-state index contributed by atoms with van der Waals surface area (Å²) in [5.74, 6) is -0.396. The van der Waals surface area contributed by atoms with Crippen molar-refractivity contribution < 1.29 is 9.18 Å². The number of hydrogen-bond donors (Lipinski definition) is 1. The molecule has 0 aliphatic carbocycles. The lowest BCUT2D eigenvalue weighted by Crippen LogP contribution is -2.34. The molecule has 0 saturated carbocycles. The Balaban J connectivity index is 2.06. The molecule has 0 fully saturated rings. The third-order valence-electron chi connectivity index (χ3n) is 3.35. The van der Waals surface area contributed by atoms with Crippen molar-refractivity contribution in [1.82, 2.24) is 10.2 Å². The summed E-state index contributed by atoms with van der Waals surface area (Å²) in [5, 5.41) is 2.90. The van der Waals surface area contributed by atoms with Crippen molar-refractivity contribution in [3.05, 3.63) is 71.5 Å². The lowest BCUT2D eigenvalue weighted by molar-refractivity contribution is 0.0942. The SMILES string of the molecule is CN(C)C(CNC(=O)c1ccccc1)c1cccc(F)c1. The Kier molecular flexibility index (Phi) is 5.06. The highest BCUT2D eigenvalue weighted by Crippen LogP contribution is 2.18. The summed E-state index contributed by atoms with van der Waals surface area (Å²) in [4.78, 5) is 14.0. The molecule has 2 aromatic rings. The number of nitrogens with one attached hydrogen (secondary N) is 1. The smallest absolute Gasteiger partial charge is 0.251 e. The molecule has 1 atom stereocenters. The van der Waals surface area contributed by atoms with Crippen molar-refractivity contribution in [2.24, 2.45) is 0 Å². The molecular formula is C17H19FN2O. The molecule has 21 heavy (non-hydrogen) atoms. The summed E-state index contributed by atoms with van der Waals surface area (Å²) in [7, 11) is 3.81. The molecule has 0 heterocycles. The minimum absolute atomic E-state index is 0.0756. The van der Waals surface area contributed by atoms with Crippen LogP contribution in [0.1, 0.15) is 22.0 Å². The molecule has 110 valence electrons. The molecule has 4 heteroatoms. The Labute approximate surface area is 124 Å². The van der Waals surface area contributed by atoms with Gasteiger partial charge in [0.25, 0.3) is 5.91 Å². The monoisotopic (exact) mass is 286 g/mol. The van der Waals surface area contributed by atoms with E-state index in [9.17, 15) is 9.18 Å². The highest BCUT2D eigenvalue weighted by molar-refractivity contribution is 5.94. The van der Waals surface area contributed by atoms with Crippen molar-refractivity contribution in [2.45, 2.75) is 6.04 Å². The number of benzene rings is 2. The molecule has 0 bridgehead atoms. The molecule has 0 aliphatic rings. The Morgan fingerprint density at radius 2 is 1.86 bits per heavy atom. The number of likely N-dealkylation sites (N-methyl/N-ethyl adjacent to an activating group) is 1. The summed E-state index contributed by atoms with van der Waals surface area (Å²) in [6.07, 6.45) is 0. The summed E-state index contributed by atoms with van der Waals surface area (Å²) >= 11 is 0. The van der Waals surface area contributed by atoms with E-state index in [2.05, 4.69) is 5.32 Å². The zero-order valence-corrected chi connectivity index (χ0v) is 12.2. The second-order valence-corrected chi connectivity index (χ2v) is 5.11. The van der Waals surface area contributed by atoms with Gasteiger partial charge in [0.05, 0.1) is 6.04 Å². The van der Waals surface area contributed by atoms with E-state index < -0.39 is 0 Å². The third kappa shape index (κ3) is 4.13. The van der Waals surface area contributed by atoms with Crippen LogP contribution in [-0.4, -0.2) is 31.4 Å². The number of halogens is 1. The summed E-state index contributed by atoms with van der Waals surface area (Å²) in [6.45, 7) is 0.421. The molecule has 0 spiro atoms. The van der Waals surface area contributed by atoms with Crippen LogP contribution in [0.5, 0.6) is 0 Å². The second-order valence-electron chi connectivity index (χ2n) is 5.11. The van der Waals surface area contributed by atoms with E-state index in [1.807, 2.05) is 43.3 Å². The Morgan fingerprint density at radius 3 is 2.48 bits per heavy atom. The van der Waals surface area contributed by atoms with Crippen LogP contribution in [0.25, 0.3) is 0 Å². The number of carbonyl (C=O) groups excluding carboxylic acids is 1. The van der Waals surface area contributed by atoms with E-state index in [0.717, 1.165) is 5.56 Å². The summed E-state index contributed by atoms with van der Waals surface area (Å²) in [6, 6.07) is 15.4. The van der Waals surface area contributed by atoms with E-state index in [0.29, 0.717) is 12.1 Å². The zero-order valence-electron chi connectivity index (χ0n) is 12.2. The van der Waals surface area contributed by atoms with E-state index >= 15 is 0 Å². The van der Waals surface area contributed by atoms with Gasteiger partial charge < -0.3 is 10.2 Å². The maximum absolute atomic E-state index is 13.3. The van der Waals surface area contributed by atoms with Gasteiger partial charge in [-0.2, -0.15) is 0 Å². The number of amides is 1. The minimum Gasteiger partial charge on any atom is -0.350 e. The standard InChI is InChI=1S/C17H19FN2O/c1-20(2)16(14-9-6-10-15(18)11-14)12-19-17(21)13-7-4-3-5-8-13/h3-11,16H,12H2,1-2H3,(H,19,21). The van der Waals surface area contributed by atoms with Crippen LogP contribution in [0.15, 0.2) is 54.6 Å². The first-order valence-electron chi connectivity index (χ1n) is 6.83. The summed E-state index contributed by atoms with van der Waals surface area (Å²) < 4.78 is 13.3. The maximum atomic E-state index is 13.3. The fourth-order valence-corrected chi connectivity index (χ4v) is 2.19. The molecule has 1 N–H and O–H groups in total. The van der Waals surface area contributed by atoms with E-state index in [-0.39, 0.29) is 17.8 Å². The number of nitrogens with zero attached hydrogens (tertiary/aromatic N) is 1. The van der Waals surface area contributed by atoms with Gasteiger partial charge in [-0.05, 0) is 43.9 Å². The highest BCUT2D eigenvalue weighted by atomic mass is 19.1. The largest absolute Gasteiger partial charge is 0.350 e. The molecule has 0 saturated heterocycles. The lowest BCUT2D eigenvalue weighted by atomic mass is 10.1. The van der Waals surface area contributed by atoms with Crippen LogP contribution in [0.4, 0.5) is 4.39 Å². The van der Waals surface area contributed by atoms with Crippen LogP contribution in [-0.2, 0) is 0 Å². The van der Waals surface area contributed by atoms with Gasteiger partial charge in [0, 0.05) is 12.1 Å². The van der Waals surface area contributed by atoms with Crippen molar-refractivity contribution >= 4 is 5.91 Å². The van der Waals surface area contributed by atoms with E-state index in [4.69, 9.17) is 0 Å². The Bertz CT molecular complexity index is 599. The van der Waals surface area contributed by atoms with Crippen LogP contribution in [0.2, 0.25) is 0 Å². The summed E-state index contributed by atoms with van der Waals surface area (Å²) in [5.41, 5.74) is 1.46. The predicted molar refractivity (Wildman–Crippen MR) is 81.6 cm³/mol. The first-order valence-corrected chi connectivity index (χ1v) is 6.83. The second kappa shape index (κ2) is 6.99. The van der Waals surface area contributed by atoms with Crippen molar-refractivity contribution in [3.63, 3.8) is 0 Å². The fourth-order valence-electron chi connectivity index (χ4n) is 2.19. The van der Waals surface area contributed by atoms with Gasteiger partial charge in [-0.15, -0.1) is 0 Å². The number of rotatable bonds is 5. The molecule has 1 unspecified atom stereocenters. The first kappa shape index (κ1) is 15.2. The Morgan fingerprint density at radius 1 is 1.14 bits per heavy atom. The average molecular weight is 286 g/mol. The van der Waals surface area contributed by atoms with Crippen LogP contribution >= 0.6 is 0 Å². The molecule has 0 aromatic heterocycles. The molecule has 2 aromatic carbocycles. The van der Waals surface area contributed by atoms with Crippen LogP contribution in [0, 0.1) is 5.82 Å². The van der Waals surface area contributed by atoms with Gasteiger partial charge in [0.1, 0.15) is 5.82 Å².